The fourth-order valence-electron chi connectivity index (χ4n) is 6.13. The molecule has 194 valence electrons. The summed E-state index contributed by atoms with van der Waals surface area (Å²) in [6.45, 7) is 2.03. The number of benzene rings is 6. The maximum absolute atomic E-state index is 7.47. The van der Waals surface area contributed by atoms with Crippen LogP contribution in [-0.2, 0) is 0 Å². The van der Waals surface area contributed by atoms with Crippen molar-refractivity contribution in [1.82, 2.24) is 4.98 Å². The first-order valence-electron chi connectivity index (χ1n) is 13.9. The number of nitrogens with one attached hydrogen (secondary N) is 1. The average molecular weight is 525 g/mol. The molecule has 0 atom stereocenters. The minimum Gasteiger partial charge on any atom is -0.309 e. The van der Waals surface area contributed by atoms with Crippen molar-refractivity contribution in [3.8, 4) is 33.5 Å². The summed E-state index contributed by atoms with van der Waals surface area (Å²) in [6, 6.07) is 45.6. The molecule has 0 aliphatic carbocycles. The van der Waals surface area contributed by atoms with Crippen molar-refractivity contribution in [2.45, 2.75) is 6.92 Å². The first-order valence-corrected chi connectivity index (χ1v) is 13.9. The molecule has 1 heterocycles. The van der Waals surface area contributed by atoms with Gasteiger partial charge in [0, 0.05) is 18.0 Å². The van der Waals surface area contributed by atoms with Crippen LogP contribution in [-0.4, -0.2) is 11.2 Å². The summed E-state index contributed by atoms with van der Waals surface area (Å²) >= 11 is 0. The van der Waals surface area contributed by atoms with E-state index >= 15 is 0 Å². The Labute approximate surface area is 239 Å². The molecule has 0 bridgehead atoms. The first kappa shape index (κ1) is 24.7. The molecule has 2 heteroatoms. The predicted molar refractivity (Wildman–Crippen MR) is 175 cm³/mol. The summed E-state index contributed by atoms with van der Waals surface area (Å²) in [7, 11) is 0. The number of pyridine rings is 1. The van der Waals surface area contributed by atoms with Gasteiger partial charge >= 0.3 is 0 Å². The molecule has 7 aromatic rings. The monoisotopic (exact) mass is 524 g/mol. The molecular formula is C39H28N2. The Morgan fingerprint density at radius 1 is 0.561 bits per heavy atom. The fourth-order valence-corrected chi connectivity index (χ4v) is 6.13. The van der Waals surface area contributed by atoms with Crippen molar-refractivity contribution < 1.29 is 0 Å². The second-order valence-electron chi connectivity index (χ2n) is 10.4. The molecule has 2 nitrogen and oxygen atoms in total. The third kappa shape index (κ3) is 4.21. The zero-order valence-electron chi connectivity index (χ0n) is 22.8. The lowest BCUT2D eigenvalue weighted by Gasteiger charge is -2.19. The van der Waals surface area contributed by atoms with Gasteiger partial charge in [-0.25, -0.2) is 0 Å². The van der Waals surface area contributed by atoms with Gasteiger partial charge in [-0.05, 0) is 90.8 Å². The van der Waals surface area contributed by atoms with E-state index in [1.165, 1.54) is 60.8 Å². The number of fused-ring (bicyclic) bond motifs is 3. The molecule has 0 saturated carbocycles. The van der Waals surface area contributed by atoms with Crippen LogP contribution in [0.5, 0.6) is 0 Å². The van der Waals surface area contributed by atoms with Crippen LogP contribution in [0.4, 0.5) is 0 Å². The lowest BCUT2D eigenvalue weighted by atomic mass is 9.84. The zero-order valence-corrected chi connectivity index (χ0v) is 22.8. The lowest BCUT2D eigenvalue weighted by Crippen LogP contribution is -1.92. The van der Waals surface area contributed by atoms with Gasteiger partial charge in [0.15, 0.2) is 0 Å². The SMILES string of the molecule is C/C(=C\C=N)c1ccnc(-c2cccc3c(-c4c5ccccc5c(-c5ccccc5)c5ccccc45)cccc23)c1. The van der Waals surface area contributed by atoms with Gasteiger partial charge in [-0.3, -0.25) is 4.98 Å². The average Bonchev–Trinajstić information content (AvgIpc) is 3.03. The van der Waals surface area contributed by atoms with Gasteiger partial charge in [0.1, 0.15) is 0 Å². The third-order valence-electron chi connectivity index (χ3n) is 8.01. The Hall–Kier alpha value is -5.34. The highest BCUT2D eigenvalue weighted by Gasteiger charge is 2.18. The van der Waals surface area contributed by atoms with Gasteiger partial charge in [0.2, 0.25) is 0 Å². The quantitative estimate of drug-likeness (QED) is 0.176. The van der Waals surface area contributed by atoms with E-state index in [1.807, 2.05) is 25.3 Å². The van der Waals surface area contributed by atoms with Crippen LogP contribution in [0.1, 0.15) is 12.5 Å². The van der Waals surface area contributed by atoms with E-state index in [2.05, 4.69) is 121 Å². The molecule has 0 amide bonds. The maximum Gasteiger partial charge on any atom is 0.0714 e. The Morgan fingerprint density at radius 2 is 1.10 bits per heavy atom. The number of hydrogen-bond acceptors (Lipinski definition) is 2. The largest absolute Gasteiger partial charge is 0.309 e. The highest BCUT2D eigenvalue weighted by Crippen LogP contribution is 2.45. The zero-order chi connectivity index (χ0) is 27.8. The van der Waals surface area contributed by atoms with Crippen molar-refractivity contribution in [2.24, 2.45) is 0 Å². The second-order valence-corrected chi connectivity index (χ2v) is 10.4. The van der Waals surface area contributed by atoms with Crippen molar-refractivity contribution in [1.29, 1.82) is 5.41 Å². The molecule has 0 spiro atoms. The van der Waals surface area contributed by atoms with E-state index in [0.29, 0.717) is 0 Å². The molecule has 0 aliphatic rings. The van der Waals surface area contributed by atoms with Crippen molar-refractivity contribution in [3.63, 3.8) is 0 Å². The predicted octanol–water partition coefficient (Wildman–Crippen LogP) is 10.6. The van der Waals surface area contributed by atoms with Gasteiger partial charge < -0.3 is 5.41 Å². The summed E-state index contributed by atoms with van der Waals surface area (Å²) in [5.74, 6) is 0. The molecule has 0 radical (unpaired) electrons. The van der Waals surface area contributed by atoms with E-state index in [-0.39, 0.29) is 0 Å². The lowest BCUT2D eigenvalue weighted by molar-refractivity contribution is 1.32. The highest BCUT2D eigenvalue weighted by molar-refractivity contribution is 6.24. The number of nitrogens with zero attached hydrogens (tertiary/aromatic N) is 1. The fraction of sp³-hybridized carbons (Fsp3) is 0.0256. The van der Waals surface area contributed by atoms with E-state index in [9.17, 15) is 0 Å². The summed E-state index contributed by atoms with van der Waals surface area (Å²) in [5.41, 5.74) is 9.11. The van der Waals surface area contributed by atoms with Gasteiger partial charge in [-0.2, -0.15) is 0 Å². The molecule has 0 fully saturated rings. The van der Waals surface area contributed by atoms with Gasteiger partial charge in [0.05, 0.1) is 5.69 Å². The van der Waals surface area contributed by atoms with Crippen LogP contribution in [0.25, 0.3) is 71.4 Å². The van der Waals surface area contributed by atoms with Crippen LogP contribution < -0.4 is 0 Å². The van der Waals surface area contributed by atoms with Crippen LogP contribution in [0.2, 0.25) is 0 Å². The molecule has 41 heavy (non-hydrogen) atoms. The number of allylic oxidation sites excluding steroid dienone is 2. The van der Waals surface area contributed by atoms with Crippen LogP contribution >= 0.6 is 0 Å². The van der Waals surface area contributed by atoms with Gasteiger partial charge in [-0.1, -0.05) is 115 Å². The Bertz CT molecular complexity index is 2060. The maximum atomic E-state index is 7.47. The topological polar surface area (TPSA) is 36.7 Å². The second kappa shape index (κ2) is 10.3. The molecule has 0 unspecified atom stereocenters. The van der Waals surface area contributed by atoms with Gasteiger partial charge in [-0.15, -0.1) is 0 Å². The standard InChI is InChI=1S/C39H28N2/c1-26(21-23-40)28-22-24-41-37(25-28)31-19-9-18-30-29(31)17-10-20-32(30)39-35-15-7-5-13-33(35)38(27-11-3-2-4-12-27)34-14-6-8-16-36(34)39/h2-25,40H,1H3/b26-21+,40-23?. The summed E-state index contributed by atoms with van der Waals surface area (Å²) in [5, 5.41) is 14.8. The highest BCUT2D eigenvalue weighted by atomic mass is 14.7. The van der Waals surface area contributed by atoms with E-state index in [0.717, 1.165) is 22.4 Å². The summed E-state index contributed by atoms with van der Waals surface area (Å²) in [4.78, 5) is 4.77. The van der Waals surface area contributed by atoms with Crippen molar-refractivity contribution in [2.75, 3.05) is 0 Å². The number of aromatic nitrogens is 1. The molecular weight excluding hydrogens is 496 g/mol. The summed E-state index contributed by atoms with van der Waals surface area (Å²) < 4.78 is 0. The van der Waals surface area contributed by atoms with Crippen molar-refractivity contribution in [3.05, 3.63) is 145 Å². The Morgan fingerprint density at radius 3 is 1.73 bits per heavy atom. The van der Waals surface area contributed by atoms with Crippen LogP contribution in [0.3, 0.4) is 0 Å². The number of rotatable bonds is 5. The number of hydrogen-bond donors (Lipinski definition) is 1. The summed E-state index contributed by atoms with van der Waals surface area (Å²) in [6.07, 6.45) is 5.00. The molecule has 0 aliphatic heterocycles. The van der Waals surface area contributed by atoms with Crippen molar-refractivity contribution >= 4 is 44.1 Å². The Kier molecular flexibility index (Phi) is 6.22. The van der Waals surface area contributed by atoms with Crippen LogP contribution in [0.15, 0.2) is 140 Å². The molecule has 6 aromatic carbocycles. The molecule has 7 rings (SSSR count). The van der Waals surface area contributed by atoms with E-state index < -0.39 is 0 Å². The first-order chi connectivity index (χ1) is 20.2. The van der Waals surface area contributed by atoms with E-state index in [1.54, 1.807) is 0 Å². The normalized spacial score (nSPS) is 11.8. The minimum absolute atomic E-state index is 0.928. The molecule has 1 N–H and O–H groups in total. The van der Waals surface area contributed by atoms with E-state index in [4.69, 9.17) is 10.4 Å². The Balaban J connectivity index is 1.54. The van der Waals surface area contributed by atoms with Gasteiger partial charge in [0.25, 0.3) is 0 Å². The molecule has 0 saturated heterocycles. The minimum atomic E-state index is 0.928. The smallest absolute Gasteiger partial charge is 0.0714 e. The third-order valence-corrected chi connectivity index (χ3v) is 8.01. The molecule has 1 aromatic heterocycles. The van der Waals surface area contributed by atoms with Crippen LogP contribution in [0, 0.1) is 5.41 Å².